The van der Waals surface area contributed by atoms with Crippen molar-refractivity contribution in [1.82, 2.24) is 5.32 Å². The average Bonchev–Trinajstić information content (AvgIpc) is 2.45. The van der Waals surface area contributed by atoms with Crippen LogP contribution in [0.25, 0.3) is 0 Å². The van der Waals surface area contributed by atoms with Gasteiger partial charge in [-0.25, -0.2) is 4.39 Å². The Balaban J connectivity index is 2.23. The maximum absolute atomic E-state index is 13.5. The number of hydrogen-bond donors (Lipinski definition) is 1. The molecule has 0 aromatic heterocycles. The summed E-state index contributed by atoms with van der Waals surface area (Å²) in [5, 5.41) is 3.44. The predicted molar refractivity (Wildman–Crippen MR) is 76.2 cm³/mol. The van der Waals surface area contributed by atoms with Gasteiger partial charge in [-0.3, -0.25) is 0 Å². The lowest BCUT2D eigenvalue weighted by Gasteiger charge is -2.33. The topological polar surface area (TPSA) is 21.3 Å². The number of nitrogens with one attached hydrogen (secondary N) is 1. The highest BCUT2D eigenvalue weighted by Gasteiger charge is 2.28. The third-order valence-electron chi connectivity index (χ3n) is 4.16. The molecule has 1 aromatic carbocycles. The van der Waals surface area contributed by atoms with Gasteiger partial charge in [0.15, 0.2) is 0 Å². The van der Waals surface area contributed by atoms with Crippen LogP contribution in [0.3, 0.4) is 0 Å². The molecule has 1 aliphatic rings. The minimum absolute atomic E-state index is 0.163. The monoisotopic (exact) mass is 265 g/mol. The molecular formula is C16H24FNO. The Morgan fingerprint density at radius 1 is 1.32 bits per heavy atom. The molecule has 2 nitrogen and oxygen atoms in total. The summed E-state index contributed by atoms with van der Waals surface area (Å²) in [5.41, 5.74) is 1.05. The first-order chi connectivity index (χ1) is 9.26. The van der Waals surface area contributed by atoms with Gasteiger partial charge in [-0.2, -0.15) is 0 Å². The second kappa shape index (κ2) is 6.90. The first kappa shape index (κ1) is 14.3. The molecule has 0 bridgehead atoms. The molecule has 0 radical (unpaired) electrons. The van der Waals surface area contributed by atoms with Crippen LogP contribution >= 0.6 is 0 Å². The lowest BCUT2D eigenvalue weighted by molar-refractivity contribution is 0.288. The third kappa shape index (κ3) is 3.47. The van der Waals surface area contributed by atoms with Crippen LogP contribution in [0, 0.1) is 11.7 Å². The van der Waals surface area contributed by atoms with E-state index in [1.165, 1.54) is 25.3 Å². The highest BCUT2D eigenvalue weighted by molar-refractivity contribution is 5.37. The maximum Gasteiger partial charge on any atom is 0.123 e. The summed E-state index contributed by atoms with van der Waals surface area (Å²) < 4.78 is 19.0. The molecule has 106 valence electrons. The predicted octanol–water partition coefficient (Wildman–Crippen LogP) is 3.72. The fourth-order valence-corrected chi connectivity index (χ4v) is 3.19. The number of hydrogen-bond acceptors (Lipinski definition) is 2. The van der Waals surface area contributed by atoms with Crippen molar-refractivity contribution in [2.24, 2.45) is 5.92 Å². The quantitative estimate of drug-likeness (QED) is 0.876. The fourth-order valence-electron chi connectivity index (χ4n) is 3.19. The fraction of sp³-hybridized carbons (Fsp3) is 0.625. The Morgan fingerprint density at radius 3 is 2.84 bits per heavy atom. The second-order valence-corrected chi connectivity index (χ2v) is 5.34. The van der Waals surface area contributed by atoms with Crippen LogP contribution in [-0.4, -0.2) is 20.2 Å². The summed E-state index contributed by atoms with van der Waals surface area (Å²) in [5.74, 6) is 1.67. The van der Waals surface area contributed by atoms with Gasteiger partial charge in [0.25, 0.3) is 0 Å². The lowest BCUT2D eigenvalue weighted by Crippen LogP contribution is -2.29. The van der Waals surface area contributed by atoms with E-state index in [1.54, 1.807) is 19.2 Å². The van der Waals surface area contributed by atoms with Gasteiger partial charge in [-0.1, -0.05) is 19.8 Å². The van der Waals surface area contributed by atoms with Gasteiger partial charge in [0, 0.05) is 5.56 Å². The van der Waals surface area contributed by atoms with Gasteiger partial charge in [0.2, 0.25) is 0 Å². The normalized spacial score (nSPS) is 23.3. The van der Waals surface area contributed by atoms with Gasteiger partial charge in [0.1, 0.15) is 11.6 Å². The summed E-state index contributed by atoms with van der Waals surface area (Å²) in [7, 11) is 1.67. The first-order valence-electron chi connectivity index (χ1n) is 7.30. The summed E-state index contributed by atoms with van der Waals surface area (Å²) in [6.07, 6.45) is 4.87. The van der Waals surface area contributed by atoms with Gasteiger partial charge >= 0.3 is 0 Å². The molecule has 0 aliphatic heterocycles. The van der Waals surface area contributed by atoms with Crippen molar-refractivity contribution in [3.8, 4) is 5.75 Å². The summed E-state index contributed by atoms with van der Waals surface area (Å²) >= 11 is 0. The molecule has 1 fully saturated rings. The zero-order chi connectivity index (χ0) is 13.7. The molecule has 1 N–H and O–H groups in total. The molecule has 0 heterocycles. The van der Waals surface area contributed by atoms with Gasteiger partial charge < -0.3 is 10.1 Å². The summed E-state index contributed by atoms with van der Waals surface area (Å²) in [6, 6.07) is 4.89. The largest absolute Gasteiger partial charge is 0.496 e. The Kier molecular flexibility index (Phi) is 5.20. The van der Waals surface area contributed by atoms with Crippen LogP contribution in [-0.2, 0) is 0 Å². The van der Waals surface area contributed by atoms with Crippen molar-refractivity contribution in [1.29, 1.82) is 0 Å². The van der Waals surface area contributed by atoms with Gasteiger partial charge in [-0.05, 0) is 56.0 Å². The molecule has 0 saturated heterocycles. The second-order valence-electron chi connectivity index (χ2n) is 5.34. The van der Waals surface area contributed by atoms with E-state index in [4.69, 9.17) is 4.74 Å². The van der Waals surface area contributed by atoms with Crippen LogP contribution in [0.15, 0.2) is 18.2 Å². The number of rotatable bonds is 5. The van der Waals surface area contributed by atoms with Crippen LogP contribution in [0.5, 0.6) is 5.75 Å². The van der Waals surface area contributed by atoms with E-state index in [0.29, 0.717) is 11.8 Å². The number of halogens is 1. The van der Waals surface area contributed by atoms with Crippen LogP contribution in [0.2, 0.25) is 0 Å². The molecule has 19 heavy (non-hydrogen) atoms. The molecule has 2 atom stereocenters. The van der Waals surface area contributed by atoms with Crippen LogP contribution < -0.4 is 10.1 Å². The van der Waals surface area contributed by atoms with Crippen LogP contribution in [0.4, 0.5) is 4.39 Å². The average molecular weight is 265 g/mol. The highest BCUT2D eigenvalue weighted by Crippen LogP contribution is 2.41. The van der Waals surface area contributed by atoms with E-state index in [9.17, 15) is 4.39 Å². The van der Waals surface area contributed by atoms with E-state index in [0.717, 1.165) is 30.8 Å². The summed E-state index contributed by atoms with van der Waals surface area (Å²) in [6.45, 7) is 4.13. The number of ether oxygens (including phenoxy) is 1. The van der Waals surface area contributed by atoms with Crippen molar-refractivity contribution in [2.75, 3.05) is 20.2 Å². The Bertz CT molecular complexity index is 408. The number of methoxy groups -OCH3 is 1. The van der Waals surface area contributed by atoms with Crippen molar-refractivity contribution in [3.63, 3.8) is 0 Å². The minimum atomic E-state index is -0.163. The van der Waals surface area contributed by atoms with Crippen molar-refractivity contribution in [2.45, 2.75) is 38.5 Å². The zero-order valence-corrected chi connectivity index (χ0v) is 11.9. The Labute approximate surface area is 115 Å². The lowest BCUT2D eigenvalue weighted by atomic mass is 9.75. The molecular weight excluding hydrogens is 241 g/mol. The molecule has 1 saturated carbocycles. The molecule has 2 unspecified atom stereocenters. The highest BCUT2D eigenvalue weighted by atomic mass is 19.1. The zero-order valence-electron chi connectivity index (χ0n) is 11.9. The molecule has 0 spiro atoms. The van der Waals surface area contributed by atoms with E-state index < -0.39 is 0 Å². The smallest absolute Gasteiger partial charge is 0.123 e. The van der Waals surface area contributed by atoms with Gasteiger partial charge in [0.05, 0.1) is 7.11 Å². The van der Waals surface area contributed by atoms with E-state index in [2.05, 4.69) is 12.2 Å². The summed E-state index contributed by atoms with van der Waals surface area (Å²) in [4.78, 5) is 0. The molecule has 3 heteroatoms. The van der Waals surface area contributed by atoms with Crippen molar-refractivity contribution in [3.05, 3.63) is 29.6 Å². The maximum atomic E-state index is 13.5. The molecule has 1 aliphatic carbocycles. The van der Waals surface area contributed by atoms with Crippen molar-refractivity contribution >= 4 is 0 Å². The van der Waals surface area contributed by atoms with E-state index >= 15 is 0 Å². The van der Waals surface area contributed by atoms with E-state index in [1.807, 2.05) is 0 Å². The Morgan fingerprint density at radius 2 is 2.11 bits per heavy atom. The Hall–Kier alpha value is -1.09. The molecule has 0 amide bonds. The standard InChI is InChI=1S/C16H24FNO/c1-3-18-11-12-6-4-5-7-14(12)15-10-13(17)8-9-16(15)19-2/h8-10,12,14,18H,3-7,11H2,1-2H3. The van der Waals surface area contributed by atoms with Crippen LogP contribution in [0.1, 0.15) is 44.1 Å². The van der Waals surface area contributed by atoms with Crippen molar-refractivity contribution < 1.29 is 9.13 Å². The number of benzene rings is 1. The SMILES string of the molecule is CCNCC1CCCCC1c1cc(F)ccc1OC. The molecule has 2 rings (SSSR count). The van der Waals surface area contributed by atoms with Gasteiger partial charge in [-0.15, -0.1) is 0 Å². The third-order valence-corrected chi connectivity index (χ3v) is 4.16. The van der Waals surface area contributed by atoms with E-state index in [-0.39, 0.29) is 5.82 Å². The molecule has 1 aromatic rings. The first-order valence-corrected chi connectivity index (χ1v) is 7.30. The minimum Gasteiger partial charge on any atom is -0.496 e.